The fourth-order valence-electron chi connectivity index (χ4n) is 7.84. The number of aliphatic hydroxyl groups is 1. The Hall–Kier alpha value is -3.62. The van der Waals surface area contributed by atoms with Crippen molar-refractivity contribution in [2.75, 3.05) is 19.8 Å². The Morgan fingerprint density at radius 1 is 0.574 bits per heavy atom. The highest BCUT2D eigenvalue weighted by atomic mass is 79.9. The summed E-state index contributed by atoms with van der Waals surface area (Å²) in [7, 11) is 0. The Morgan fingerprint density at radius 3 is 1.63 bits per heavy atom. The van der Waals surface area contributed by atoms with Gasteiger partial charge >= 0.3 is 0 Å². The fraction of sp³-hybridized carbons (Fsp3) is 0.268. The number of hydrogen-bond donors (Lipinski definition) is 1. The number of Topliss-reactive ketones (excluding diaryl/α,β-unsaturated/α-hetero) is 3. The molecule has 54 heavy (non-hydrogen) atoms. The third kappa shape index (κ3) is 6.59. The zero-order valence-electron chi connectivity index (χ0n) is 28.4. The van der Waals surface area contributed by atoms with E-state index in [0.29, 0.717) is 58.3 Å². The van der Waals surface area contributed by atoms with Gasteiger partial charge in [-0.15, -0.1) is 0 Å². The maximum absolute atomic E-state index is 15.0. The van der Waals surface area contributed by atoms with Gasteiger partial charge in [0.05, 0.1) is 39.2 Å². The lowest BCUT2D eigenvalue weighted by Crippen LogP contribution is -2.53. The Morgan fingerprint density at radius 2 is 1.06 bits per heavy atom. The van der Waals surface area contributed by atoms with Crippen LogP contribution in [0.2, 0.25) is 0 Å². The second kappa shape index (κ2) is 14.1. The predicted molar refractivity (Wildman–Crippen MR) is 214 cm³/mol. The van der Waals surface area contributed by atoms with Gasteiger partial charge in [-0.3, -0.25) is 19.2 Å². The van der Waals surface area contributed by atoms with Gasteiger partial charge in [-0.05, 0) is 105 Å². The molecule has 1 N–H and O–H groups in total. The van der Waals surface area contributed by atoms with Gasteiger partial charge in [0.15, 0.2) is 22.6 Å². The summed E-state index contributed by atoms with van der Waals surface area (Å²) in [4.78, 5) is 57.6. The van der Waals surface area contributed by atoms with Crippen LogP contribution < -0.4 is 19.6 Å². The van der Waals surface area contributed by atoms with Crippen LogP contribution in [-0.2, 0) is 6.42 Å². The normalized spacial score (nSPS) is 23.2. The first-order valence-corrected chi connectivity index (χ1v) is 20.3. The summed E-state index contributed by atoms with van der Waals surface area (Å²) in [6.45, 7) is -0.518. The van der Waals surface area contributed by atoms with E-state index in [-0.39, 0.29) is 74.5 Å². The molecule has 3 aliphatic heterocycles. The average Bonchev–Trinajstić information content (AvgIpc) is 3.16. The third-order valence-corrected chi connectivity index (χ3v) is 12.8. The lowest BCUT2D eigenvalue weighted by atomic mass is 9.60. The van der Waals surface area contributed by atoms with Crippen LogP contribution >= 0.6 is 63.7 Å². The van der Waals surface area contributed by atoms with E-state index >= 15 is 0 Å². The minimum atomic E-state index is -1.96. The lowest BCUT2D eigenvalue weighted by molar-refractivity contribution is -0.0241. The molecule has 4 aromatic carbocycles. The smallest absolute Gasteiger partial charge is 0.201 e. The standard InChI is InChI=1S/C41H30Br4O9/c42-23-1-5-31-27(13-23)35(46)22(17-51-31)9-10-39(19-52-32-6-2-24(43)14-28(32)36(39)47)18-40(20-53-33-7-3-25(44)15-29(33)37(40)48)11-12-41(50)21-54-34-8-4-26(45)16-30(34)38(41)49/h1-8,13-17,50H,9-12,18-21H2. The van der Waals surface area contributed by atoms with Gasteiger partial charge < -0.3 is 23.7 Å². The molecule has 0 radical (unpaired) electrons. The van der Waals surface area contributed by atoms with Gasteiger partial charge in [0.2, 0.25) is 5.78 Å². The molecule has 3 unspecified atom stereocenters. The highest BCUT2D eigenvalue weighted by Gasteiger charge is 2.56. The molecule has 0 saturated heterocycles. The number of rotatable bonds is 8. The van der Waals surface area contributed by atoms with E-state index in [1.807, 2.05) is 0 Å². The van der Waals surface area contributed by atoms with Crippen LogP contribution in [0.5, 0.6) is 17.2 Å². The van der Waals surface area contributed by atoms with Crippen molar-refractivity contribution in [3.8, 4) is 17.2 Å². The summed E-state index contributed by atoms with van der Waals surface area (Å²) >= 11 is 13.8. The molecule has 276 valence electrons. The molecule has 9 nitrogen and oxygen atoms in total. The van der Waals surface area contributed by atoms with Gasteiger partial charge in [0.1, 0.15) is 42.7 Å². The molecule has 8 rings (SSSR count). The molecule has 0 aliphatic carbocycles. The molecule has 5 aromatic rings. The Bertz CT molecular complexity index is 2460. The van der Waals surface area contributed by atoms with Gasteiger partial charge in [-0.2, -0.15) is 0 Å². The number of carbonyl (C=O) groups is 3. The van der Waals surface area contributed by atoms with E-state index in [9.17, 15) is 24.3 Å². The topological polar surface area (TPSA) is 129 Å². The minimum absolute atomic E-state index is 0.0285. The number of halogens is 4. The van der Waals surface area contributed by atoms with Crippen molar-refractivity contribution >= 4 is 92.0 Å². The van der Waals surface area contributed by atoms with Crippen LogP contribution in [0.25, 0.3) is 11.0 Å². The lowest BCUT2D eigenvalue weighted by Gasteiger charge is -2.46. The number of carbonyl (C=O) groups excluding carboxylic acids is 3. The van der Waals surface area contributed by atoms with E-state index in [0.717, 1.165) is 4.47 Å². The van der Waals surface area contributed by atoms with Crippen molar-refractivity contribution < 1.29 is 38.1 Å². The van der Waals surface area contributed by atoms with E-state index in [4.69, 9.17) is 18.6 Å². The highest BCUT2D eigenvalue weighted by molar-refractivity contribution is 9.11. The number of aryl methyl sites for hydroxylation is 1. The van der Waals surface area contributed by atoms with Crippen LogP contribution in [0, 0.1) is 10.8 Å². The number of fused-ring (bicyclic) bond motifs is 4. The van der Waals surface area contributed by atoms with E-state index in [1.54, 1.807) is 72.8 Å². The number of ether oxygens (including phenoxy) is 3. The van der Waals surface area contributed by atoms with E-state index in [2.05, 4.69) is 63.7 Å². The Kier molecular flexibility index (Phi) is 9.78. The summed E-state index contributed by atoms with van der Waals surface area (Å²) in [5.41, 5.74) is -3.28. The molecule has 0 spiro atoms. The monoisotopic (exact) mass is 982 g/mol. The molecule has 13 heteroatoms. The zero-order valence-corrected chi connectivity index (χ0v) is 34.7. The molecule has 0 saturated carbocycles. The van der Waals surface area contributed by atoms with Crippen molar-refractivity contribution in [3.63, 3.8) is 0 Å². The van der Waals surface area contributed by atoms with Gasteiger partial charge in [-0.1, -0.05) is 63.7 Å². The average molecular weight is 986 g/mol. The van der Waals surface area contributed by atoms with E-state index in [1.165, 1.54) is 6.26 Å². The Balaban J connectivity index is 1.21. The van der Waals surface area contributed by atoms with Crippen molar-refractivity contribution in [1.82, 2.24) is 0 Å². The SMILES string of the molecule is O=C1c2cc(Br)ccc2OCC1(O)CCC1(CC2(CCc3coc4ccc(Br)cc4c3=O)COc3ccc(Br)cc3C2=O)COc2ccc(Br)cc2C1=O. The highest BCUT2D eigenvalue weighted by Crippen LogP contribution is 2.52. The quantitative estimate of drug-likeness (QED) is 0.162. The molecular formula is C41H30Br4O9. The van der Waals surface area contributed by atoms with Crippen molar-refractivity contribution in [2.45, 2.75) is 37.7 Å². The first kappa shape index (κ1) is 37.3. The maximum Gasteiger partial charge on any atom is 0.201 e. The Labute approximate surface area is 342 Å². The van der Waals surface area contributed by atoms with Gasteiger partial charge in [0, 0.05) is 23.5 Å². The van der Waals surface area contributed by atoms with Gasteiger partial charge in [-0.25, -0.2) is 0 Å². The number of benzene rings is 4. The largest absolute Gasteiger partial charge is 0.492 e. The molecule has 3 atom stereocenters. The maximum atomic E-state index is 15.0. The third-order valence-electron chi connectivity index (χ3n) is 10.8. The summed E-state index contributed by atoms with van der Waals surface area (Å²) in [6.07, 6.45) is 1.43. The zero-order chi connectivity index (χ0) is 38.0. The molecule has 0 bridgehead atoms. The predicted octanol–water partition coefficient (Wildman–Crippen LogP) is 9.48. The van der Waals surface area contributed by atoms with E-state index < -0.39 is 22.2 Å². The first-order valence-electron chi connectivity index (χ1n) is 17.1. The molecule has 0 fully saturated rings. The molecular weight excluding hydrogens is 956 g/mol. The fourth-order valence-corrected chi connectivity index (χ4v) is 9.29. The molecule has 4 heterocycles. The molecule has 1 aromatic heterocycles. The second-order valence-electron chi connectivity index (χ2n) is 14.3. The summed E-state index contributed by atoms with van der Waals surface area (Å²) in [6, 6.07) is 20.6. The van der Waals surface area contributed by atoms with Crippen LogP contribution in [0.1, 0.15) is 62.3 Å². The summed E-state index contributed by atoms with van der Waals surface area (Å²) in [5.74, 6) is 0.101. The summed E-state index contributed by atoms with van der Waals surface area (Å²) < 4.78 is 27.1. The van der Waals surface area contributed by atoms with Crippen LogP contribution in [0.15, 0.2) is 106 Å². The van der Waals surface area contributed by atoms with Crippen LogP contribution in [0.4, 0.5) is 0 Å². The van der Waals surface area contributed by atoms with Crippen molar-refractivity contribution in [2.24, 2.45) is 10.8 Å². The first-order chi connectivity index (χ1) is 25.8. The second-order valence-corrected chi connectivity index (χ2v) is 17.9. The summed E-state index contributed by atoms with van der Waals surface area (Å²) in [5, 5.41) is 12.3. The van der Waals surface area contributed by atoms with Crippen LogP contribution in [0.3, 0.4) is 0 Å². The number of ketones is 3. The van der Waals surface area contributed by atoms with Gasteiger partial charge in [0.25, 0.3) is 0 Å². The minimum Gasteiger partial charge on any atom is -0.492 e. The number of hydrogen-bond acceptors (Lipinski definition) is 9. The molecule has 3 aliphatic rings. The van der Waals surface area contributed by atoms with Crippen molar-refractivity contribution in [1.29, 1.82) is 0 Å². The molecule has 0 amide bonds. The van der Waals surface area contributed by atoms with Crippen molar-refractivity contribution in [3.05, 3.63) is 129 Å². The van der Waals surface area contributed by atoms with Crippen LogP contribution in [-0.4, -0.2) is 47.9 Å².